The molecule has 0 spiro atoms. The topological polar surface area (TPSA) is 119 Å². The molecule has 8 atom stereocenters. The van der Waals surface area contributed by atoms with E-state index in [0.29, 0.717) is 25.7 Å². The van der Waals surface area contributed by atoms with Gasteiger partial charge in [-0.1, -0.05) is 57.6 Å². The molecule has 0 aromatic carbocycles. The van der Waals surface area contributed by atoms with Crippen LogP contribution in [0.5, 0.6) is 0 Å². The van der Waals surface area contributed by atoms with Gasteiger partial charge in [0.1, 0.15) is 5.60 Å². The highest BCUT2D eigenvalue weighted by molar-refractivity contribution is 5.91. The second-order valence-corrected chi connectivity index (χ2v) is 10.9. The van der Waals surface area contributed by atoms with Crippen LogP contribution in [0.3, 0.4) is 0 Å². The van der Waals surface area contributed by atoms with E-state index < -0.39 is 36.0 Å². The van der Waals surface area contributed by atoms with E-state index in [0.717, 1.165) is 12.8 Å². The van der Waals surface area contributed by atoms with E-state index in [-0.39, 0.29) is 35.5 Å². The molecule has 5 unspecified atom stereocenters. The van der Waals surface area contributed by atoms with E-state index in [4.69, 9.17) is 15.2 Å². The molecule has 0 saturated heterocycles. The third-order valence-electron chi connectivity index (χ3n) is 9.08. The number of ketones is 1. The molecule has 4 aliphatic carbocycles. The van der Waals surface area contributed by atoms with E-state index in [1.807, 2.05) is 13.8 Å². The first-order chi connectivity index (χ1) is 16.1. The van der Waals surface area contributed by atoms with Crippen LogP contribution in [0.1, 0.15) is 59.3 Å². The number of hydrogen-bond donors (Lipinski definition) is 3. The third-order valence-corrected chi connectivity index (χ3v) is 9.08. The van der Waals surface area contributed by atoms with Crippen LogP contribution >= 0.6 is 0 Å². The summed E-state index contributed by atoms with van der Waals surface area (Å²) in [6, 6.07) is 0. The Labute approximate surface area is 202 Å². The number of fused-ring (bicyclic) bond motifs is 5. The van der Waals surface area contributed by atoms with Gasteiger partial charge in [-0.25, -0.2) is 0 Å². The summed E-state index contributed by atoms with van der Waals surface area (Å²) in [5.74, 6) is -0.891. The fourth-order valence-electron chi connectivity index (χ4n) is 7.48. The molecule has 2 saturated carbocycles. The van der Waals surface area contributed by atoms with Crippen molar-refractivity contribution in [3.63, 3.8) is 0 Å². The lowest BCUT2D eigenvalue weighted by atomic mass is 9.48. The number of allylic oxidation sites excluding steroid dienone is 6. The van der Waals surface area contributed by atoms with Gasteiger partial charge in [0.15, 0.2) is 12.9 Å². The minimum atomic E-state index is -1.35. The molecule has 7 heteroatoms. The number of aliphatic hydroxyl groups excluding tert-OH is 2. The summed E-state index contributed by atoms with van der Waals surface area (Å²) in [7, 11) is 0. The molecule has 0 radical (unpaired) electrons. The molecule has 34 heavy (non-hydrogen) atoms. The smallest absolute Gasteiger partial charge is 0.320 e. The molecule has 0 heterocycles. The Bertz CT molecular complexity index is 911. The molecule has 0 aromatic heterocycles. The number of Topliss-reactive ketones (excluding diaryl/α,β-unsaturated/α-hetero) is 1. The van der Waals surface area contributed by atoms with Gasteiger partial charge in [-0.05, 0) is 49.5 Å². The molecule has 0 amide bonds. The van der Waals surface area contributed by atoms with Crippen LogP contribution in [0.4, 0.5) is 0 Å². The Kier molecular flexibility index (Phi) is 6.95. The summed E-state index contributed by atoms with van der Waals surface area (Å²) in [5.41, 5.74) is 4.25. The minimum absolute atomic E-state index is 0.0000831. The number of rotatable bonds is 8. The average molecular weight is 474 g/mol. The van der Waals surface area contributed by atoms with Crippen molar-refractivity contribution in [1.82, 2.24) is 0 Å². The van der Waals surface area contributed by atoms with Gasteiger partial charge in [-0.2, -0.15) is 0 Å². The van der Waals surface area contributed by atoms with Gasteiger partial charge in [-0.15, -0.1) is 0 Å². The molecule has 0 bridgehead atoms. The van der Waals surface area contributed by atoms with Gasteiger partial charge >= 0.3 is 5.97 Å². The van der Waals surface area contributed by atoms with Crippen molar-refractivity contribution in [1.29, 1.82) is 0 Å². The predicted molar refractivity (Wildman–Crippen MR) is 127 cm³/mol. The molecule has 0 aliphatic heterocycles. The summed E-state index contributed by atoms with van der Waals surface area (Å²) >= 11 is 0. The van der Waals surface area contributed by atoms with Crippen LogP contribution in [0.15, 0.2) is 36.0 Å². The highest BCUT2D eigenvalue weighted by atomic mass is 16.6. The number of carbonyl (C=O) groups is 2. The summed E-state index contributed by atoms with van der Waals surface area (Å²) in [6.45, 7) is 5.38. The zero-order chi connectivity index (χ0) is 24.7. The summed E-state index contributed by atoms with van der Waals surface area (Å²) < 4.78 is 11.3. The van der Waals surface area contributed by atoms with Gasteiger partial charge in [-0.3, -0.25) is 9.59 Å². The van der Waals surface area contributed by atoms with Crippen molar-refractivity contribution in [3.8, 4) is 0 Å². The van der Waals surface area contributed by atoms with Gasteiger partial charge in [0.2, 0.25) is 5.78 Å². The molecule has 0 aromatic rings. The molecular formula is C27H39NO6. The SMILES string of the molecule is CCCC(O)OC1(C(=O)COC(=O)CN)CCC2C3C=CC4=CCC=C[C@]4(C)C3[C@@H](O)C[C@@]21C. The number of hydrogen-bond acceptors (Lipinski definition) is 7. The Balaban J connectivity index is 1.72. The first-order valence-electron chi connectivity index (χ1n) is 12.6. The predicted octanol–water partition coefficient (Wildman–Crippen LogP) is 2.81. The van der Waals surface area contributed by atoms with Crippen LogP contribution in [-0.2, 0) is 19.1 Å². The lowest BCUT2D eigenvalue weighted by molar-refractivity contribution is -0.239. The number of nitrogens with two attached hydrogens (primary N) is 1. The van der Waals surface area contributed by atoms with Crippen LogP contribution < -0.4 is 5.73 Å². The fraction of sp³-hybridized carbons (Fsp3) is 0.704. The lowest BCUT2D eigenvalue weighted by Crippen LogP contribution is -2.62. The Morgan fingerprint density at radius 1 is 1.32 bits per heavy atom. The third kappa shape index (κ3) is 3.81. The van der Waals surface area contributed by atoms with Gasteiger partial charge in [0.25, 0.3) is 0 Å². The van der Waals surface area contributed by atoms with Crippen LogP contribution in [0.25, 0.3) is 0 Å². The van der Waals surface area contributed by atoms with Gasteiger partial charge < -0.3 is 25.4 Å². The lowest BCUT2D eigenvalue weighted by Gasteiger charge is -2.58. The average Bonchev–Trinajstić information content (AvgIpc) is 3.08. The Morgan fingerprint density at radius 3 is 2.79 bits per heavy atom. The summed E-state index contributed by atoms with van der Waals surface area (Å²) in [5, 5.41) is 22.3. The van der Waals surface area contributed by atoms with E-state index in [1.54, 1.807) is 0 Å². The first-order valence-corrected chi connectivity index (χ1v) is 12.6. The molecule has 188 valence electrons. The van der Waals surface area contributed by atoms with Crippen LogP contribution in [0, 0.1) is 28.6 Å². The first kappa shape index (κ1) is 25.3. The van der Waals surface area contributed by atoms with Crippen molar-refractivity contribution in [2.24, 2.45) is 34.3 Å². The van der Waals surface area contributed by atoms with E-state index in [2.05, 4.69) is 37.3 Å². The summed E-state index contributed by atoms with van der Waals surface area (Å²) in [4.78, 5) is 25.4. The molecule has 2 fully saturated rings. The molecular weight excluding hydrogens is 434 g/mol. The molecule has 4 rings (SSSR count). The number of aliphatic hydroxyl groups is 2. The normalized spacial score (nSPS) is 41.2. The Hall–Kier alpha value is -1.80. The quantitative estimate of drug-likeness (QED) is 0.282. The van der Waals surface area contributed by atoms with Crippen molar-refractivity contribution in [2.45, 2.75) is 77.3 Å². The van der Waals surface area contributed by atoms with Gasteiger partial charge in [0, 0.05) is 16.7 Å². The van der Waals surface area contributed by atoms with E-state index >= 15 is 0 Å². The van der Waals surface area contributed by atoms with Crippen molar-refractivity contribution in [2.75, 3.05) is 13.2 Å². The van der Waals surface area contributed by atoms with Crippen LogP contribution in [0.2, 0.25) is 0 Å². The molecule has 7 nitrogen and oxygen atoms in total. The zero-order valence-corrected chi connectivity index (χ0v) is 20.5. The number of carbonyl (C=O) groups excluding carboxylic acids is 2. The Morgan fingerprint density at radius 2 is 2.09 bits per heavy atom. The van der Waals surface area contributed by atoms with E-state index in [9.17, 15) is 19.8 Å². The van der Waals surface area contributed by atoms with Crippen molar-refractivity contribution >= 4 is 11.8 Å². The monoisotopic (exact) mass is 473 g/mol. The van der Waals surface area contributed by atoms with Crippen molar-refractivity contribution in [3.05, 3.63) is 36.0 Å². The van der Waals surface area contributed by atoms with Crippen molar-refractivity contribution < 1.29 is 29.3 Å². The second-order valence-electron chi connectivity index (χ2n) is 10.9. The maximum atomic E-state index is 13.7. The largest absolute Gasteiger partial charge is 0.457 e. The number of esters is 1. The zero-order valence-electron chi connectivity index (χ0n) is 20.5. The molecule has 4 aliphatic rings. The maximum Gasteiger partial charge on any atom is 0.320 e. The van der Waals surface area contributed by atoms with Gasteiger partial charge in [0.05, 0.1) is 12.6 Å². The molecule has 4 N–H and O–H groups in total. The fourth-order valence-corrected chi connectivity index (χ4v) is 7.48. The van der Waals surface area contributed by atoms with E-state index in [1.165, 1.54) is 5.57 Å². The minimum Gasteiger partial charge on any atom is -0.457 e. The standard InChI is InChI=1S/C27H39NO6/c1-4-7-22(31)34-27(21(30)16-33-23(32)15-28)13-11-19-18-10-9-17-8-5-6-12-25(17,2)24(18)20(29)14-26(19,27)3/h6,8-10,12,18-20,22,24,29,31H,4-5,7,11,13-16,28H2,1-3H3/t18?,19?,20-,22?,24?,25-,26-,27?/m0/s1. The maximum absolute atomic E-state index is 13.7. The number of ether oxygens (including phenoxy) is 2. The highest BCUT2D eigenvalue weighted by Crippen LogP contribution is 2.66. The van der Waals surface area contributed by atoms with Crippen LogP contribution in [-0.4, -0.2) is 53.1 Å². The second kappa shape index (κ2) is 9.34. The summed E-state index contributed by atoms with van der Waals surface area (Å²) in [6.07, 6.45) is 12.7. The highest BCUT2D eigenvalue weighted by Gasteiger charge is 2.69.